The third kappa shape index (κ3) is 2.39. The van der Waals surface area contributed by atoms with Gasteiger partial charge in [-0.2, -0.15) is 5.10 Å². The number of fused-ring (bicyclic) bond motifs is 5. The first kappa shape index (κ1) is 17.8. The standard InChI is InChI=1S/C23H29BN4O2/c1-22(2)4-6-28-24(30-22)17-12-26-21-16(3-5-25-21)19(17)20(27-28)18-14-7-13-8-15(18)11-23(29,9-13)10-14/h3,5,12-15,18,29H,4,6-11H2,1-2H3,(H,25,26)/t13?,14?,15?,18-,23-. The lowest BCUT2D eigenvalue weighted by molar-refractivity contribution is -0.138. The molecule has 5 fully saturated rings. The van der Waals surface area contributed by atoms with Crippen LogP contribution in [-0.2, 0) is 4.65 Å². The molecule has 6 nitrogen and oxygen atoms in total. The second kappa shape index (κ2) is 5.68. The van der Waals surface area contributed by atoms with Crippen LogP contribution < -0.4 is 5.46 Å². The summed E-state index contributed by atoms with van der Waals surface area (Å²) in [7, 11) is -0.166. The van der Waals surface area contributed by atoms with Gasteiger partial charge in [-0.1, -0.05) is 0 Å². The molecule has 4 aliphatic carbocycles. The topological polar surface area (TPSA) is 73.7 Å². The van der Waals surface area contributed by atoms with Gasteiger partial charge in [0.25, 0.3) is 0 Å². The Bertz CT molecular complexity index is 1060. The van der Waals surface area contributed by atoms with Gasteiger partial charge >= 0.3 is 7.05 Å². The van der Waals surface area contributed by atoms with Crippen LogP contribution in [0.25, 0.3) is 11.0 Å². The summed E-state index contributed by atoms with van der Waals surface area (Å²) in [4.78, 5) is 10.2. The molecule has 1 saturated heterocycles. The maximum absolute atomic E-state index is 11.1. The molecule has 2 aromatic rings. The Morgan fingerprint density at radius 3 is 2.80 bits per heavy atom. The molecule has 4 heterocycles. The van der Waals surface area contributed by atoms with E-state index in [-0.39, 0.29) is 12.7 Å². The molecule has 2 unspecified atom stereocenters. The van der Waals surface area contributed by atoms with Crippen LogP contribution >= 0.6 is 0 Å². The van der Waals surface area contributed by atoms with Crippen LogP contribution in [-0.4, -0.2) is 50.5 Å². The molecule has 156 valence electrons. The smallest absolute Gasteiger partial charge is 0.407 e. The molecule has 2 aromatic heterocycles. The van der Waals surface area contributed by atoms with Crippen LogP contribution in [0.15, 0.2) is 23.6 Å². The van der Waals surface area contributed by atoms with E-state index >= 15 is 0 Å². The highest BCUT2D eigenvalue weighted by Crippen LogP contribution is 2.59. The van der Waals surface area contributed by atoms with E-state index in [9.17, 15) is 5.11 Å². The van der Waals surface area contributed by atoms with Crippen molar-refractivity contribution in [2.75, 3.05) is 6.54 Å². The average molecular weight is 404 g/mol. The zero-order chi connectivity index (χ0) is 20.3. The number of hydrogen-bond donors (Lipinski definition) is 2. The first-order valence-electron chi connectivity index (χ1n) is 11.6. The van der Waals surface area contributed by atoms with Crippen molar-refractivity contribution in [2.45, 2.75) is 63.6 Å². The summed E-state index contributed by atoms with van der Waals surface area (Å²) in [5, 5.41) is 17.6. The van der Waals surface area contributed by atoms with Crippen molar-refractivity contribution < 1.29 is 9.76 Å². The number of hydrogen-bond acceptors (Lipinski definition) is 5. The van der Waals surface area contributed by atoms with E-state index in [1.54, 1.807) is 0 Å². The van der Waals surface area contributed by atoms with E-state index in [0.29, 0.717) is 23.7 Å². The number of pyridine rings is 1. The van der Waals surface area contributed by atoms with E-state index in [2.05, 4.69) is 29.8 Å². The highest BCUT2D eigenvalue weighted by molar-refractivity contribution is 6.68. The Morgan fingerprint density at radius 2 is 2.03 bits per heavy atom. The van der Waals surface area contributed by atoms with Crippen LogP contribution in [0.1, 0.15) is 57.9 Å². The number of aliphatic hydroxyl groups is 1. The lowest BCUT2D eigenvalue weighted by atomic mass is 9.48. The van der Waals surface area contributed by atoms with E-state index in [1.165, 1.54) is 24.1 Å². The molecule has 2 aliphatic heterocycles. The number of aromatic amines is 1. The number of rotatable bonds is 1. The zero-order valence-corrected chi connectivity index (χ0v) is 17.8. The third-order valence-corrected chi connectivity index (χ3v) is 8.58. The van der Waals surface area contributed by atoms with Crippen LogP contribution in [0.4, 0.5) is 0 Å². The minimum Gasteiger partial charge on any atom is -0.407 e. The largest absolute Gasteiger partial charge is 0.471 e. The summed E-state index contributed by atoms with van der Waals surface area (Å²) >= 11 is 0. The van der Waals surface area contributed by atoms with Crippen LogP contribution in [0, 0.1) is 23.7 Å². The Balaban J connectivity index is 1.40. The van der Waals surface area contributed by atoms with Gasteiger partial charge in [0.1, 0.15) is 5.65 Å². The fourth-order valence-corrected chi connectivity index (χ4v) is 7.60. The van der Waals surface area contributed by atoms with E-state index in [1.807, 2.05) is 12.4 Å². The van der Waals surface area contributed by atoms with Crippen molar-refractivity contribution in [3.63, 3.8) is 0 Å². The van der Waals surface area contributed by atoms with Crippen LogP contribution in [0.3, 0.4) is 0 Å². The SMILES string of the molecule is CC1(C)CCN2N=C([C@H]3C4CC5CC3C[C@](O)(C5)C4)c3c(cnc4[nH]ccc34)B2O1. The van der Waals surface area contributed by atoms with Gasteiger partial charge in [-0.25, -0.2) is 4.98 Å². The highest BCUT2D eigenvalue weighted by atomic mass is 16.5. The van der Waals surface area contributed by atoms with Gasteiger partial charge in [-0.15, -0.1) is 0 Å². The van der Waals surface area contributed by atoms with Gasteiger partial charge in [-0.05, 0) is 76.2 Å². The molecule has 7 heteroatoms. The number of nitrogens with one attached hydrogen (secondary N) is 1. The third-order valence-electron chi connectivity index (χ3n) is 8.58. The minimum atomic E-state index is -0.423. The lowest BCUT2D eigenvalue weighted by Crippen LogP contribution is -2.63. The molecule has 0 amide bonds. The Kier molecular flexibility index (Phi) is 3.37. The quantitative estimate of drug-likeness (QED) is 0.717. The predicted octanol–water partition coefficient (Wildman–Crippen LogP) is 2.66. The normalized spacial score (nSPS) is 38.6. The van der Waals surface area contributed by atoms with Gasteiger partial charge < -0.3 is 19.7 Å². The maximum Gasteiger partial charge on any atom is 0.471 e. The van der Waals surface area contributed by atoms with Crippen molar-refractivity contribution in [3.8, 4) is 0 Å². The molecular weight excluding hydrogens is 375 g/mol. The lowest BCUT2D eigenvalue weighted by Gasteiger charge is -2.58. The first-order valence-corrected chi connectivity index (χ1v) is 11.6. The summed E-state index contributed by atoms with van der Waals surface area (Å²) in [5.74, 6) is 2.20. The van der Waals surface area contributed by atoms with Crippen molar-refractivity contribution >= 4 is 29.3 Å². The fraction of sp³-hybridized carbons (Fsp3) is 0.652. The average Bonchev–Trinajstić information content (AvgIpc) is 3.15. The molecule has 0 radical (unpaired) electrons. The van der Waals surface area contributed by atoms with Crippen LogP contribution in [0.2, 0.25) is 0 Å². The molecule has 2 N–H and O–H groups in total. The van der Waals surface area contributed by atoms with Crippen molar-refractivity contribution in [2.24, 2.45) is 28.8 Å². The van der Waals surface area contributed by atoms with Crippen molar-refractivity contribution in [1.29, 1.82) is 0 Å². The van der Waals surface area contributed by atoms with Crippen molar-refractivity contribution in [1.82, 2.24) is 14.9 Å². The number of aromatic nitrogens is 2. The molecule has 4 bridgehead atoms. The Labute approximate surface area is 177 Å². The number of hydrazone groups is 1. The summed E-state index contributed by atoms with van der Waals surface area (Å²) < 4.78 is 6.53. The van der Waals surface area contributed by atoms with E-state index in [0.717, 1.165) is 48.7 Å². The van der Waals surface area contributed by atoms with Crippen molar-refractivity contribution in [3.05, 3.63) is 24.0 Å². The Hall–Kier alpha value is -1.86. The molecule has 2 atom stereocenters. The second-order valence-corrected chi connectivity index (χ2v) is 11.2. The summed E-state index contributed by atoms with van der Waals surface area (Å²) in [6, 6.07) is 2.14. The number of nitrogens with zero attached hydrogens (tertiary/aromatic N) is 3. The van der Waals surface area contributed by atoms with Gasteiger partial charge in [0.15, 0.2) is 0 Å². The van der Waals surface area contributed by atoms with Gasteiger partial charge in [0.2, 0.25) is 0 Å². The van der Waals surface area contributed by atoms with Gasteiger partial charge in [-0.3, -0.25) is 0 Å². The van der Waals surface area contributed by atoms with Gasteiger partial charge in [0, 0.05) is 46.9 Å². The maximum atomic E-state index is 11.1. The zero-order valence-electron chi connectivity index (χ0n) is 17.8. The monoisotopic (exact) mass is 404 g/mol. The Morgan fingerprint density at radius 1 is 1.23 bits per heavy atom. The second-order valence-electron chi connectivity index (χ2n) is 11.2. The van der Waals surface area contributed by atoms with E-state index in [4.69, 9.17) is 14.7 Å². The molecular formula is C23H29BN4O2. The molecule has 6 aliphatic rings. The minimum absolute atomic E-state index is 0.162. The fourth-order valence-electron chi connectivity index (χ4n) is 7.60. The summed E-state index contributed by atoms with van der Waals surface area (Å²) in [6.07, 6.45) is 10.3. The number of H-pyrrole nitrogens is 1. The highest BCUT2D eigenvalue weighted by Gasteiger charge is 2.57. The first-order chi connectivity index (χ1) is 14.4. The van der Waals surface area contributed by atoms with Crippen LogP contribution in [0.5, 0.6) is 0 Å². The van der Waals surface area contributed by atoms with E-state index < -0.39 is 5.60 Å². The van der Waals surface area contributed by atoms with Gasteiger partial charge in [0.05, 0.1) is 11.3 Å². The molecule has 30 heavy (non-hydrogen) atoms. The summed E-state index contributed by atoms with van der Waals surface area (Å²) in [5.41, 5.74) is 3.97. The molecule has 0 aromatic carbocycles. The predicted molar refractivity (Wildman–Crippen MR) is 117 cm³/mol. The molecule has 8 rings (SSSR count). The molecule has 0 spiro atoms. The summed E-state index contributed by atoms with van der Waals surface area (Å²) in [6.45, 7) is 5.24. The molecule has 4 saturated carbocycles.